The summed E-state index contributed by atoms with van der Waals surface area (Å²) in [5, 5.41) is 22.5. The summed E-state index contributed by atoms with van der Waals surface area (Å²) < 4.78 is 5.34. The fourth-order valence-corrected chi connectivity index (χ4v) is 5.17. The van der Waals surface area contributed by atoms with Crippen molar-refractivity contribution in [2.75, 3.05) is 33.4 Å². The van der Waals surface area contributed by atoms with Crippen molar-refractivity contribution in [3.8, 4) is 17.6 Å². The largest absolute Gasteiger partial charge is 0.497 e. The Kier molecular flexibility index (Phi) is 7.84. The summed E-state index contributed by atoms with van der Waals surface area (Å²) in [6.07, 6.45) is 5.60. The van der Waals surface area contributed by atoms with Crippen LogP contribution in [0.3, 0.4) is 0 Å². The Labute approximate surface area is 203 Å². The Hall–Kier alpha value is -2.21. The molecule has 1 aromatic carbocycles. The van der Waals surface area contributed by atoms with Gasteiger partial charge in [-0.1, -0.05) is 23.4 Å². The van der Waals surface area contributed by atoms with Crippen LogP contribution in [0.4, 0.5) is 0 Å². The number of ether oxygens (including phenoxy) is 1. The average Bonchev–Trinajstić information content (AvgIpc) is 3.36. The van der Waals surface area contributed by atoms with E-state index in [1.807, 2.05) is 18.2 Å². The molecule has 33 heavy (non-hydrogen) atoms. The quantitative estimate of drug-likeness (QED) is 0.486. The number of aromatic nitrogens is 2. The highest BCUT2D eigenvalue weighted by atomic mass is 35.5. The lowest BCUT2D eigenvalue weighted by molar-refractivity contribution is 0.0273. The summed E-state index contributed by atoms with van der Waals surface area (Å²) >= 11 is 8.00. The van der Waals surface area contributed by atoms with Gasteiger partial charge in [-0.2, -0.15) is 0 Å². The first-order chi connectivity index (χ1) is 16.0. The molecule has 0 bridgehead atoms. The Morgan fingerprint density at radius 3 is 2.82 bits per heavy atom. The minimum absolute atomic E-state index is 0.110. The Morgan fingerprint density at radius 1 is 1.30 bits per heavy atom. The van der Waals surface area contributed by atoms with Crippen LogP contribution < -0.4 is 4.74 Å². The van der Waals surface area contributed by atoms with E-state index >= 15 is 0 Å². The number of benzene rings is 1. The molecule has 2 aromatic heterocycles. The summed E-state index contributed by atoms with van der Waals surface area (Å²) in [5.41, 5.74) is 3.02. The second kappa shape index (κ2) is 10.8. The van der Waals surface area contributed by atoms with E-state index in [0.717, 1.165) is 48.1 Å². The number of aliphatic hydroxyl groups is 2. The van der Waals surface area contributed by atoms with Crippen LogP contribution in [-0.4, -0.2) is 58.4 Å². The maximum atomic E-state index is 11.1. The third kappa shape index (κ3) is 5.65. The predicted molar refractivity (Wildman–Crippen MR) is 132 cm³/mol. The lowest BCUT2D eigenvalue weighted by atomic mass is 9.74. The molecule has 6 nitrogen and oxygen atoms in total. The van der Waals surface area contributed by atoms with Crippen molar-refractivity contribution in [2.24, 2.45) is 5.41 Å². The van der Waals surface area contributed by atoms with Gasteiger partial charge in [-0.3, -0.25) is 14.9 Å². The minimum atomic E-state index is -0.748. The number of aliphatic hydroxyl groups excluding tert-OH is 2. The zero-order chi connectivity index (χ0) is 23.3. The van der Waals surface area contributed by atoms with Crippen molar-refractivity contribution in [3.05, 3.63) is 51.6 Å². The number of thiazole rings is 1. The van der Waals surface area contributed by atoms with Crippen LogP contribution in [0, 0.1) is 17.3 Å². The predicted octanol–water partition coefficient (Wildman–Crippen LogP) is 4.29. The van der Waals surface area contributed by atoms with Gasteiger partial charge in [0, 0.05) is 23.8 Å². The van der Waals surface area contributed by atoms with Gasteiger partial charge >= 0.3 is 0 Å². The van der Waals surface area contributed by atoms with E-state index in [9.17, 15) is 10.2 Å². The van der Waals surface area contributed by atoms with Crippen molar-refractivity contribution < 1.29 is 14.9 Å². The standard InChI is InChI=1S/C25H28ClN3O3S/c1-32-18-4-5-22-20(13-18)24(21(26)15-28-22)23(31)6-7-25(16-30)8-11-29(12-9-25)10-2-3-19-14-27-17-33-19/h4-5,13-15,17,23,30-31H,6-12,16H2,1H3/t23-/m0/s1. The second-order valence-electron chi connectivity index (χ2n) is 8.56. The fourth-order valence-electron chi connectivity index (χ4n) is 4.41. The Balaban J connectivity index is 1.39. The molecular formula is C25H28ClN3O3S. The lowest BCUT2D eigenvalue weighted by Gasteiger charge is -2.40. The number of nitrogens with zero attached hydrogens (tertiary/aromatic N) is 3. The van der Waals surface area contributed by atoms with Gasteiger partial charge in [0.25, 0.3) is 0 Å². The van der Waals surface area contributed by atoms with E-state index in [1.165, 1.54) is 0 Å². The van der Waals surface area contributed by atoms with Crippen LogP contribution in [0.15, 0.2) is 36.1 Å². The van der Waals surface area contributed by atoms with Crippen LogP contribution in [0.25, 0.3) is 10.9 Å². The molecule has 1 saturated heterocycles. The molecule has 1 fully saturated rings. The second-order valence-corrected chi connectivity index (χ2v) is 9.85. The SMILES string of the molecule is COc1ccc2ncc(Cl)c([C@@H](O)CCC3(CO)CCN(CC#Cc4cncs4)CC3)c2c1. The normalized spacial score (nSPS) is 16.8. The zero-order valence-corrected chi connectivity index (χ0v) is 20.2. The summed E-state index contributed by atoms with van der Waals surface area (Å²) in [6.45, 7) is 2.58. The third-order valence-corrected chi connectivity index (χ3v) is 7.54. The fraction of sp³-hybridized carbons (Fsp3) is 0.440. The molecule has 0 unspecified atom stereocenters. The number of halogens is 1. The molecule has 1 atom stereocenters. The first-order valence-corrected chi connectivity index (χ1v) is 12.3. The van der Waals surface area contributed by atoms with E-state index in [1.54, 1.807) is 36.4 Å². The topological polar surface area (TPSA) is 78.7 Å². The highest BCUT2D eigenvalue weighted by Crippen LogP contribution is 2.40. The number of piperidine rings is 1. The molecule has 3 aromatic rings. The van der Waals surface area contributed by atoms with Crippen LogP contribution in [0.1, 0.15) is 42.2 Å². The van der Waals surface area contributed by atoms with Crippen LogP contribution in [0.5, 0.6) is 5.75 Å². The highest BCUT2D eigenvalue weighted by molar-refractivity contribution is 7.10. The van der Waals surface area contributed by atoms with Gasteiger partial charge in [-0.25, -0.2) is 0 Å². The number of fused-ring (bicyclic) bond motifs is 1. The van der Waals surface area contributed by atoms with E-state index in [-0.39, 0.29) is 12.0 Å². The van der Waals surface area contributed by atoms with Crippen LogP contribution in [-0.2, 0) is 0 Å². The number of hydrogen-bond donors (Lipinski definition) is 2. The number of rotatable bonds is 7. The minimum Gasteiger partial charge on any atom is -0.497 e. The van der Waals surface area contributed by atoms with Crippen molar-refractivity contribution in [2.45, 2.75) is 31.8 Å². The molecule has 8 heteroatoms. The Bertz CT molecular complexity index is 1130. The number of hydrogen-bond acceptors (Lipinski definition) is 7. The molecule has 4 rings (SSSR count). The van der Waals surface area contributed by atoms with Gasteiger partial charge in [0.1, 0.15) is 5.75 Å². The van der Waals surface area contributed by atoms with E-state index in [2.05, 4.69) is 26.7 Å². The molecule has 3 heterocycles. The molecule has 2 N–H and O–H groups in total. The van der Waals surface area contributed by atoms with Crippen molar-refractivity contribution >= 4 is 33.8 Å². The molecule has 174 valence electrons. The van der Waals surface area contributed by atoms with Crippen molar-refractivity contribution in [1.29, 1.82) is 0 Å². The van der Waals surface area contributed by atoms with Gasteiger partial charge in [0.15, 0.2) is 0 Å². The zero-order valence-electron chi connectivity index (χ0n) is 18.6. The van der Waals surface area contributed by atoms with Gasteiger partial charge in [0.05, 0.1) is 46.9 Å². The van der Waals surface area contributed by atoms with Crippen LogP contribution >= 0.6 is 22.9 Å². The van der Waals surface area contributed by atoms with Gasteiger partial charge in [-0.15, -0.1) is 11.3 Å². The number of pyridine rings is 1. The highest BCUT2D eigenvalue weighted by Gasteiger charge is 2.34. The number of likely N-dealkylation sites (tertiary alicyclic amines) is 1. The van der Waals surface area contributed by atoms with E-state index in [4.69, 9.17) is 16.3 Å². The average molecular weight is 486 g/mol. The van der Waals surface area contributed by atoms with Gasteiger partial charge < -0.3 is 14.9 Å². The molecule has 1 aliphatic rings. The molecule has 0 saturated carbocycles. The molecule has 0 aliphatic carbocycles. The molecule has 1 aliphatic heterocycles. The van der Waals surface area contributed by atoms with E-state index in [0.29, 0.717) is 29.3 Å². The lowest BCUT2D eigenvalue weighted by Crippen LogP contribution is -2.42. The van der Waals surface area contributed by atoms with Crippen molar-refractivity contribution in [1.82, 2.24) is 14.9 Å². The van der Waals surface area contributed by atoms with Crippen molar-refractivity contribution in [3.63, 3.8) is 0 Å². The van der Waals surface area contributed by atoms with Crippen LogP contribution in [0.2, 0.25) is 5.02 Å². The maximum Gasteiger partial charge on any atom is 0.119 e. The Morgan fingerprint density at radius 2 is 2.12 bits per heavy atom. The van der Waals surface area contributed by atoms with E-state index < -0.39 is 6.10 Å². The summed E-state index contributed by atoms with van der Waals surface area (Å²) in [6, 6.07) is 5.57. The third-order valence-electron chi connectivity index (χ3n) is 6.55. The summed E-state index contributed by atoms with van der Waals surface area (Å²) in [7, 11) is 1.61. The maximum absolute atomic E-state index is 11.1. The first kappa shape index (κ1) is 23.9. The molecule has 0 amide bonds. The molecular weight excluding hydrogens is 458 g/mol. The smallest absolute Gasteiger partial charge is 0.119 e. The summed E-state index contributed by atoms with van der Waals surface area (Å²) in [4.78, 5) is 11.7. The summed E-state index contributed by atoms with van der Waals surface area (Å²) in [5.74, 6) is 7.06. The van der Waals surface area contributed by atoms with Gasteiger partial charge in [-0.05, 0) is 62.4 Å². The number of methoxy groups -OCH3 is 1. The van der Waals surface area contributed by atoms with Gasteiger partial charge in [0.2, 0.25) is 0 Å². The molecule has 0 radical (unpaired) electrons. The first-order valence-electron chi connectivity index (χ1n) is 11.0. The monoisotopic (exact) mass is 485 g/mol. The molecule has 0 spiro atoms.